The summed E-state index contributed by atoms with van der Waals surface area (Å²) in [7, 11) is 1.41. The van der Waals surface area contributed by atoms with Gasteiger partial charge in [-0.2, -0.15) is 8.78 Å². The van der Waals surface area contributed by atoms with Gasteiger partial charge in [0.1, 0.15) is 10.9 Å². The van der Waals surface area contributed by atoms with E-state index in [0.29, 0.717) is 5.75 Å². The molecule has 2 aromatic rings. The van der Waals surface area contributed by atoms with E-state index in [2.05, 4.69) is 9.97 Å². The molecule has 0 saturated heterocycles. The third-order valence-corrected chi connectivity index (χ3v) is 2.72. The Morgan fingerprint density at radius 2 is 1.95 bits per heavy atom. The smallest absolute Gasteiger partial charge is 0.365 e. The molecule has 19 heavy (non-hydrogen) atoms. The highest BCUT2D eigenvalue weighted by Crippen LogP contribution is 2.35. The first kappa shape index (κ1) is 13.8. The van der Waals surface area contributed by atoms with Gasteiger partial charge < -0.3 is 4.74 Å². The molecule has 0 spiro atoms. The number of methoxy groups -OCH3 is 1. The van der Waals surface area contributed by atoms with Crippen molar-refractivity contribution >= 4 is 22.5 Å². The van der Waals surface area contributed by atoms with Crippen LogP contribution in [-0.4, -0.2) is 23.5 Å². The second-order valence-electron chi connectivity index (χ2n) is 3.64. The Bertz CT molecular complexity index is 621. The van der Waals surface area contributed by atoms with Crippen molar-refractivity contribution in [2.45, 2.75) is 12.3 Å². The molecule has 0 N–H and O–H groups in total. The standard InChI is InChI=1S/C11H7ClF4N2O/c1-19-5-2-3-7-6(4-5)8(12)18-10(17-7)11(15,16)9(13)14/h2-4,9H,1H3. The van der Waals surface area contributed by atoms with Crippen LogP contribution in [0.15, 0.2) is 18.2 Å². The van der Waals surface area contributed by atoms with Gasteiger partial charge in [-0.05, 0) is 18.2 Å². The molecule has 102 valence electrons. The lowest BCUT2D eigenvalue weighted by Crippen LogP contribution is -2.26. The SMILES string of the molecule is COc1ccc2nc(C(F)(F)C(F)F)nc(Cl)c2c1. The van der Waals surface area contributed by atoms with Crippen molar-refractivity contribution in [3.05, 3.63) is 29.2 Å². The second-order valence-corrected chi connectivity index (χ2v) is 4.00. The number of rotatable bonds is 3. The lowest BCUT2D eigenvalue weighted by atomic mass is 10.2. The highest BCUT2D eigenvalue weighted by Gasteiger charge is 2.46. The summed E-state index contributed by atoms with van der Waals surface area (Å²) < 4.78 is 55.8. The van der Waals surface area contributed by atoms with Gasteiger partial charge in [-0.25, -0.2) is 18.7 Å². The van der Waals surface area contributed by atoms with E-state index in [0.717, 1.165) is 0 Å². The summed E-state index contributed by atoms with van der Waals surface area (Å²) in [6.45, 7) is 0. The first-order chi connectivity index (χ1) is 8.86. The number of halogens is 5. The van der Waals surface area contributed by atoms with Crippen molar-refractivity contribution in [2.75, 3.05) is 7.11 Å². The molecule has 0 aliphatic carbocycles. The lowest BCUT2D eigenvalue weighted by molar-refractivity contribution is -0.140. The van der Waals surface area contributed by atoms with Crippen molar-refractivity contribution < 1.29 is 22.3 Å². The Morgan fingerprint density at radius 1 is 1.26 bits per heavy atom. The molecular weight excluding hydrogens is 288 g/mol. The molecule has 2 rings (SSSR count). The first-order valence-corrected chi connectivity index (χ1v) is 5.41. The van der Waals surface area contributed by atoms with Crippen molar-refractivity contribution in [3.8, 4) is 5.75 Å². The average Bonchev–Trinajstić information content (AvgIpc) is 2.38. The number of aromatic nitrogens is 2. The number of alkyl halides is 4. The van der Waals surface area contributed by atoms with E-state index in [4.69, 9.17) is 16.3 Å². The summed E-state index contributed by atoms with van der Waals surface area (Å²) in [6.07, 6.45) is -3.90. The number of fused-ring (bicyclic) bond motifs is 1. The minimum absolute atomic E-state index is 0.0381. The van der Waals surface area contributed by atoms with E-state index in [9.17, 15) is 17.6 Å². The molecule has 3 nitrogen and oxygen atoms in total. The van der Waals surface area contributed by atoms with Crippen LogP contribution in [0, 0.1) is 0 Å². The topological polar surface area (TPSA) is 35.0 Å². The number of benzene rings is 1. The van der Waals surface area contributed by atoms with E-state index in [1.165, 1.54) is 25.3 Å². The quantitative estimate of drug-likeness (QED) is 0.640. The monoisotopic (exact) mass is 294 g/mol. The number of hydrogen-bond donors (Lipinski definition) is 0. The molecule has 0 saturated carbocycles. The van der Waals surface area contributed by atoms with Gasteiger partial charge in [0.2, 0.25) is 5.82 Å². The highest BCUT2D eigenvalue weighted by molar-refractivity contribution is 6.34. The Kier molecular flexibility index (Phi) is 3.49. The molecule has 8 heteroatoms. The summed E-state index contributed by atoms with van der Waals surface area (Å²) in [5, 5.41) is -0.0888. The van der Waals surface area contributed by atoms with Crippen LogP contribution in [0.5, 0.6) is 5.75 Å². The molecule has 1 heterocycles. The maximum atomic E-state index is 13.2. The van der Waals surface area contributed by atoms with Crippen LogP contribution in [0.1, 0.15) is 5.82 Å². The average molecular weight is 295 g/mol. The Balaban J connectivity index is 2.63. The molecule has 0 amide bonds. The van der Waals surface area contributed by atoms with Crippen molar-refractivity contribution in [1.29, 1.82) is 0 Å². The van der Waals surface area contributed by atoms with Crippen molar-refractivity contribution in [2.24, 2.45) is 0 Å². The number of ether oxygens (including phenoxy) is 1. The molecule has 0 fully saturated rings. The van der Waals surface area contributed by atoms with Gasteiger partial charge in [0, 0.05) is 5.39 Å². The second kappa shape index (κ2) is 4.80. The maximum absolute atomic E-state index is 13.2. The van der Waals surface area contributed by atoms with Gasteiger partial charge in [0.25, 0.3) is 0 Å². The summed E-state index contributed by atoms with van der Waals surface area (Å²) in [6, 6.07) is 4.23. The fraction of sp³-hybridized carbons (Fsp3) is 0.273. The molecule has 0 bridgehead atoms. The van der Waals surface area contributed by atoms with E-state index >= 15 is 0 Å². The molecule has 1 aromatic carbocycles. The van der Waals surface area contributed by atoms with Crippen LogP contribution in [-0.2, 0) is 5.92 Å². The Hall–Kier alpha value is -1.63. The Morgan fingerprint density at radius 3 is 2.53 bits per heavy atom. The van der Waals surface area contributed by atoms with Gasteiger partial charge in [-0.3, -0.25) is 0 Å². The van der Waals surface area contributed by atoms with E-state index < -0.39 is 18.2 Å². The van der Waals surface area contributed by atoms with Gasteiger partial charge in [0.05, 0.1) is 12.6 Å². The van der Waals surface area contributed by atoms with E-state index in [1.54, 1.807) is 0 Å². The molecule has 0 atom stereocenters. The zero-order valence-corrected chi connectivity index (χ0v) is 10.3. The van der Waals surface area contributed by atoms with Gasteiger partial charge in [-0.15, -0.1) is 0 Å². The highest BCUT2D eigenvalue weighted by atomic mass is 35.5. The van der Waals surface area contributed by atoms with Crippen molar-refractivity contribution in [3.63, 3.8) is 0 Å². The normalized spacial score (nSPS) is 12.2. The lowest BCUT2D eigenvalue weighted by Gasteiger charge is -2.14. The van der Waals surface area contributed by atoms with Crippen LogP contribution in [0.2, 0.25) is 5.15 Å². The summed E-state index contributed by atoms with van der Waals surface area (Å²) >= 11 is 5.72. The fourth-order valence-electron chi connectivity index (χ4n) is 1.44. The molecule has 0 aliphatic heterocycles. The molecule has 0 unspecified atom stereocenters. The van der Waals surface area contributed by atoms with Crippen LogP contribution in [0.3, 0.4) is 0 Å². The first-order valence-electron chi connectivity index (χ1n) is 5.04. The van der Waals surface area contributed by atoms with Gasteiger partial charge in [-0.1, -0.05) is 11.6 Å². The van der Waals surface area contributed by atoms with E-state index in [-0.39, 0.29) is 16.1 Å². The third kappa shape index (κ3) is 2.42. The minimum Gasteiger partial charge on any atom is -0.497 e. The van der Waals surface area contributed by atoms with Crippen LogP contribution in [0.4, 0.5) is 17.6 Å². The van der Waals surface area contributed by atoms with Gasteiger partial charge in [0.15, 0.2) is 0 Å². The molecule has 0 aliphatic rings. The minimum atomic E-state index is -4.45. The zero-order chi connectivity index (χ0) is 14.2. The van der Waals surface area contributed by atoms with Crippen molar-refractivity contribution in [1.82, 2.24) is 9.97 Å². The predicted molar refractivity (Wildman–Crippen MR) is 61.0 cm³/mol. The fourth-order valence-corrected chi connectivity index (χ4v) is 1.68. The third-order valence-electron chi connectivity index (χ3n) is 2.43. The molecule has 0 radical (unpaired) electrons. The molecular formula is C11H7ClF4N2O. The van der Waals surface area contributed by atoms with Crippen LogP contribution >= 0.6 is 11.6 Å². The number of hydrogen-bond acceptors (Lipinski definition) is 3. The summed E-state index contributed by atoms with van der Waals surface area (Å²) in [5.74, 6) is -5.32. The predicted octanol–water partition coefficient (Wildman–Crippen LogP) is 3.65. The maximum Gasteiger partial charge on any atom is 0.365 e. The largest absolute Gasteiger partial charge is 0.497 e. The summed E-state index contributed by atoms with van der Waals surface area (Å²) in [5.41, 5.74) is 0.0381. The van der Waals surface area contributed by atoms with Gasteiger partial charge >= 0.3 is 12.3 Å². The Labute approximate surface area is 110 Å². The van der Waals surface area contributed by atoms with E-state index in [1.807, 2.05) is 0 Å². The zero-order valence-electron chi connectivity index (χ0n) is 9.50. The number of nitrogens with zero attached hydrogens (tertiary/aromatic N) is 2. The summed E-state index contributed by atoms with van der Waals surface area (Å²) in [4.78, 5) is 6.66. The van der Waals surface area contributed by atoms with Crippen LogP contribution in [0.25, 0.3) is 10.9 Å². The molecule has 1 aromatic heterocycles. The van der Waals surface area contributed by atoms with Crippen LogP contribution < -0.4 is 4.74 Å².